The van der Waals surface area contributed by atoms with Crippen molar-refractivity contribution in [2.75, 3.05) is 6.54 Å². The second-order valence-electron chi connectivity index (χ2n) is 1.50. The molecule has 48 valence electrons. The second kappa shape index (κ2) is 9.82. The maximum Gasteiger partial charge on any atom is 0 e. The van der Waals surface area contributed by atoms with Gasteiger partial charge in [0.1, 0.15) is 0 Å². The summed E-state index contributed by atoms with van der Waals surface area (Å²) in [7, 11) is 0. The van der Waals surface area contributed by atoms with E-state index in [0.717, 1.165) is 6.54 Å². The molecule has 7 heavy (non-hydrogen) atoms. The van der Waals surface area contributed by atoms with Crippen LogP contribution in [0.1, 0.15) is 26.2 Å². The van der Waals surface area contributed by atoms with E-state index in [1.807, 2.05) is 0 Å². The standard InChI is InChI=1S/C5H13N.Pt/c1-2-3-4-5-6;/h2-6H2,1H3;. The zero-order valence-corrected chi connectivity index (χ0v) is 6.99. The summed E-state index contributed by atoms with van der Waals surface area (Å²) >= 11 is 0. The Labute approximate surface area is 59.9 Å². The molecule has 0 bridgehead atoms. The third-order valence-corrected chi connectivity index (χ3v) is 0.808. The Kier molecular flexibility index (Phi) is 14.9. The van der Waals surface area contributed by atoms with Gasteiger partial charge in [0, 0.05) is 21.1 Å². The molecule has 0 saturated heterocycles. The molecular formula is C5H13NPt. The molecule has 0 fully saturated rings. The van der Waals surface area contributed by atoms with Crippen molar-refractivity contribution < 1.29 is 21.1 Å². The van der Waals surface area contributed by atoms with Crippen LogP contribution in [-0.4, -0.2) is 6.54 Å². The van der Waals surface area contributed by atoms with E-state index in [1.54, 1.807) is 0 Å². The topological polar surface area (TPSA) is 26.0 Å². The fourth-order valence-electron chi connectivity index (χ4n) is 0.394. The second-order valence-corrected chi connectivity index (χ2v) is 1.50. The van der Waals surface area contributed by atoms with Crippen LogP contribution in [0.4, 0.5) is 0 Å². The molecule has 0 unspecified atom stereocenters. The molecule has 0 aromatic rings. The molecule has 0 aliphatic rings. The molecule has 1 nitrogen and oxygen atoms in total. The van der Waals surface area contributed by atoms with Crippen molar-refractivity contribution in [2.24, 2.45) is 5.73 Å². The van der Waals surface area contributed by atoms with E-state index in [-0.39, 0.29) is 21.1 Å². The van der Waals surface area contributed by atoms with Crippen LogP contribution in [0.25, 0.3) is 0 Å². The average Bonchev–Trinajstić information content (AvgIpc) is 1.61. The van der Waals surface area contributed by atoms with Crippen molar-refractivity contribution in [2.45, 2.75) is 26.2 Å². The molecule has 0 aromatic heterocycles. The minimum atomic E-state index is 0. The molecule has 0 aliphatic carbocycles. The van der Waals surface area contributed by atoms with Gasteiger partial charge >= 0.3 is 0 Å². The number of hydrogen-bond donors (Lipinski definition) is 1. The van der Waals surface area contributed by atoms with Crippen LogP contribution in [0.2, 0.25) is 0 Å². The first-order chi connectivity index (χ1) is 2.91. The van der Waals surface area contributed by atoms with Crippen molar-refractivity contribution in [1.29, 1.82) is 0 Å². The Bertz CT molecular complexity index is 20.0. The van der Waals surface area contributed by atoms with E-state index < -0.39 is 0 Å². The van der Waals surface area contributed by atoms with Gasteiger partial charge in [-0.3, -0.25) is 0 Å². The van der Waals surface area contributed by atoms with Crippen molar-refractivity contribution >= 4 is 0 Å². The van der Waals surface area contributed by atoms with Crippen LogP contribution in [-0.2, 0) is 21.1 Å². The van der Waals surface area contributed by atoms with Gasteiger partial charge in [-0.1, -0.05) is 19.8 Å². The van der Waals surface area contributed by atoms with Crippen LogP contribution in [0, 0.1) is 0 Å². The predicted molar refractivity (Wildman–Crippen MR) is 28.6 cm³/mol. The van der Waals surface area contributed by atoms with Gasteiger partial charge in [-0.2, -0.15) is 0 Å². The van der Waals surface area contributed by atoms with Gasteiger partial charge < -0.3 is 5.73 Å². The monoisotopic (exact) mass is 282 g/mol. The Morgan fingerprint density at radius 1 is 1.29 bits per heavy atom. The molecule has 0 aromatic carbocycles. The SMILES string of the molecule is CCCCCN.[Pt]. The zero-order chi connectivity index (χ0) is 4.83. The summed E-state index contributed by atoms with van der Waals surface area (Å²) in [6, 6.07) is 0. The van der Waals surface area contributed by atoms with Gasteiger partial charge in [0.15, 0.2) is 0 Å². The van der Waals surface area contributed by atoms with E-state index >= 15 is 0 Å². The number of nitrogens with two attached hydrogens (primary N) is 1. The summed E-state index contributed by atoms with van der Waals surface area (Å²) in [4.78, 5) is 0. The van der Waals surface area contributed by atoms with Gasteiger partial charge in [0.05, 0.1) is 0 Å². The number of unbranched alkanes of at least 4 members (excludes halogenated alkanes) is 2. The quantitative estimate of drug-likeness (QED) is 0.772. The van der Waals surface area contributed by atoms with Crippen molar-refractivity contribution in [3.8, 4) is 0 Å². The third-order valence-electron chi connectivity index (χ3n) is 0.808. The van der Waals surface area contributed by atoms with Crippen LogP contribution < -0.4 is 5.73 Å². The van der Waals surface area contributed by atoms with Gasteiger partial charge in [0.2, 0.25) is 0 Å². The molecule has 0 saturated carbocycles. The molecular weight excluding hydrogens is 269 g/mol. The molecule has 2 heteroatoms. The maximum absolute atomic E-state index is 5.21. The first-order valence-corrected chi connectivity index (χ1v) is 2.62. The molecule has 0 atom stereocenters. The summed E-state index contributed by atoms with van der Waals surface area (Å²) in [6.45, 7) is 3.03. The first kappa shape index (κ1) is 10.6. The van der Waals surface area contributed by atoms with Crippen LogP contribution >= 0.6 is 0 Å². The van der Waals surface area contributed by atoms with Gasteiger partial charge in [-0.15, -0.1) is 0 Å². The predicted octanol–water partition coefficient (Wildman–Crippen LogP) is 1.13. The van der Waals surface area contributed by atoms with Crippen molar-refractivity contribution in [3.05, 3.63) is 0 Å². The minimum absolute atomic E-state index is 0. The summed E-state index contributed by atoms with van der Waals surface area (Å²) in [5.41, 5.74) is 5.21. The van der Waals surface area contributed by atoms with Gasteiger partial charge in [-0.25, -0.2) is 0 Å². The van der Waals surface area contributed by atoms with Crippen molar-refractivity contribution in [1.82, 2.24) is 0 Å². The number of rotatable bonds is 3. The van der Waals surface area contributed by atoms with Gasteiger partial charge in [0.25, 0.3) is 0 Å². The van der Waals surface area contributed by atoms with E-state index in [9.17, 15) is 0 Å². The van der Waals surface area contributed by atoms with Crippen LogP contribution in [0.5, 0.6) is 0 Å². The Morgan fingerprint density at radius 3 is 2.00 bits per heavy atom. The van der Waals surface area contributed by atoms with Gasteiger partial charge in [-0.05, 0) is 13.0 Å². The minimum Gasteiger partial charge on any atom is -0.330 e. The maximum atomic E-state index is 5.21. The largest absolute Gasteiger partial charge is 0.330 e. The molecule has 2 N–H and O–H groups in total. The first-order valence-electron chi connectivity index (χ1n) is 2.62. The summed E-state index contributed by atoms with van der Waals surface area (Å²) < 4.78 is 0. The Morgan fingerprint density at radius 2 is 1.86 bits per heavy atom. The Hall–Kier alpha value is 0.648. The smallest absolute Gasteiger partial charge is 0 e. The van der Waals surface area contributed by atoms with E-state index in [4.69, 9.17) is 5.73 Å². The zero-order valence-electron chi connectivity index (χ0n) is 4.72. The molecule has 0 amide bonds. The molecule has 0 radical (unpaired) electrons. The fourth-order valence-corrected chi connectivity index (χ4v) is 0.394. The fraction of sp³-hybridized carbons (Fsp3) is 1.00. The van der Waals surface area contributed by atoms with E-state index in [0.29, 0.717) is 0 Å². The molecule has 0 aliphatic heterocycles. The molecule has 0 heterocycles. The van der Waals surface area contributed by atoms with E-state index in [1.165, 1.54) is 19.3 Å². The summed E-state index contributed by atoms with van der Waals surface area (Å²) in [6.07, 6.45) is 3.75. The number of hydrogen-bond acceptors (Lipinski definition) is 1. The third kappa shape index (κ3) is 10.8. The van der Waals surface area contributed by atoms with Crippen LogP contribution in [0.15, 0.2) is 0 Å². The average molecular weight is 282 g/mol. The normalized spacial score (nSPS) is 7.71. The Balaban J connectivity index is 0. The van der Waals surface area contributed by atoms with Crippen LogP contribution in [0.3, 0.4) is 0 Å². The van der Waals surface area contributed by atoms with Crippen molar-refractivity contribution in [3.63, 3.8) is 0 Å². The molecule has 0 rings (SSSR count). The summed E-state index contributed by atoms with van der Waals surface area (Å²) in [5, 5.41) is 0. The molecule has 0 spiro atoms. The summed E-state index contributed by atoms with van der Waals surface area (Å²) in [5.74, 6) is 0. The van der Waals surface area contributed by atoms with E-state index in [2.05, 4.69) is 6.92 Å².